The van der Waals surface area contributed by atoms with Gasteiger partial charge in [-0.05, 0) is 30.9 Å². The molecule has 0 spiro atoms. The Kier molecular flexibility index (Phi) is 2.53. The summed E-state index contributed by atoms with van der Waals surface area (Å²) in [6.07, 6.45) is 1.90. The Balaban J connectivity index is 2.21. The quantitative estimate of drug-likeness (QED) is 0.669. The molecule has 2 nitrogen and oxygen atoms in total. The van der Waals surface area contributed by atoms with E-state index in [0.717, 1.165) is 18.4 Å². The summed E-state index contributed by atoms with van der Waals surface area (Å²) in [5, 5.41) is 0. The van der Waals surface area contributed by atoms with Crippen molar-refractivity contribution >= 4 is 5.97 Å². The molecule has 1 aromatic carbocycles. The number of fused-ring (bicyclic) bond motifs is 1. The Morgan fingerprint density at radius 3 is 3.07 bits per heavy atom. The molecule has 2 rings (SSSR count). The molecule has 1 aliphatic carbocycles. The highest BCUT2D eigenvalue weighted by molar-refractivity contribution is 5.79. The molecule has 14 heavy (non-hydrogen) atoms. The van der Waals surface area contributed by atoms with Crippen LogP contribution in [0, 0.1) is 0 Å². The lowest BCUT2D eigenvalue weighted by Crippen LogP contribution is -2.13. The van der Waals surface area contributed by atoms with Crippen LogP contribution in [0.15, 0.2) is 24.3 Å². The Bertz CT molecular complexity index is 344. The van der Waals surface area contributed by atoms with Crippen molar-refractivity contribution in [1.29, 1.82) is 0 Å². The van der Waals surface area contributed by atoms with Crippen LogP contribution in [-0.4, -0.2) is 12.6 Å². The van der Waals surface area contributed by atoms with Gasteiger partial charge >= 0.3 is 5.97 Å². The zero-order valence-corrected chi connectivity index (χ0v) is 8.32. The molecule has 0 saturated heterocycles. The van der Waals surface area contributed by atoms with E-state index in [0.29, 0.717) is 6.61 Å². The fourth-order valence-corrected chi connectivity index (χ4v) is 2.04. The van der Waals surface area contributed by atoms with Crippen LogP contribution < -0.4 is 0 Å². The maximum Gasteiger partial charge on any atom is 0.313 e. The number of esters is 1. The van der Waals surface area contributed by atoms with Crippen LogP contribution >= 0.6 is 0 Å². The van der Waals surface area contributed by atoms with E-state index in [-0.39, 0.29) is 11.9 Å². The smallest absolute Gasteiger partial charge is 0.313 e. The molecule has 1 aromatic rings. The first-order valence-corrected chi connectivity index (χ1v) is 5.07. The number of carbonyl (C=O) groups excluding carboxylic acids is 1. The third-order valence-electron chi connectivity index (χ3n) is 2.70. The monoisotopic (exact) mass is 190 g/mol. The number of ether oxygens (including phenoxy) is 1. The molecule has 1 atom stereocenters. The minimum atomic E-state index is -0.0718. The van der Waals surface area contributed by atoms with Gasteiger partial charge in [-0.25, -0.2) is 0 Å². The number of hydrogen-bond acceptors (Lipinski definition) is 2. The Morgan fingerprint density at radius 2 is 2.29 bits per heavy atom. The lowest BCUT2D eigenvalue weighted by atomic mass is 10.0. The molecule has 1 aliphatic rings. The average Bonchev–Trinajstić information content (AvgIpc) is 2.61. The third-order valence-corrected chi connectivity index (χ3v) is 2.70. The van der Waals surface area contributed by atoms with Crippen molar-refractivity contribution in [1.82, 2.24) is 0 Å². The van der Waals surface area contributed by atoms with E-state index in [1.165, 1.54) is 5.56 Å². The summed E-state index contributed by atoms with van der Waals surface area (Å²) in [5.41, 5.74) is 2.46. The van der Waals surface area contributed by atoms with Crippen LogP contribution in [0.5, 0.6) is 0 Å². The predicted octanol–water partition coefficient (Wildman–Crippen LogP) is 2.28. The van der Waals surface area contributed by atoms with Crippen molar-refractivity contribution in [3.05, 3.63) is 35.4 Å². The van der Waals surface area contributed by atoms with Crippen LogP contribution in [0.4, 0.5) is 0 Å². The third kappa shape index (κ3) is 1.52. The van der Waals surface area contributed by atoms with Gasteiger partial charge in [-0.1, -0.05) is 24.3 Å². The molecule has 1 unspecified atom stereocenters. The minimum Gasteiger partial charge on any atom is -0.466 e. The SMILES string of the molecule is CCOC(=O)C1CCc2ccccc21. The molecule has 0 amide bonds. The fourth-order valence-electron chi connectivity index (χ4n) is 2.04. The molecule has 0 aliphatic heterocycles. The summed E-state index contributed by atoms with van der Waals surface area (Å²) in [5.74, 6) is -0.0939. The lowest BCUT2D eigenvalue weighted by Gasteiger charge is -2.09. The van der Waals surface area contributed by atoms with E-state index < -0.39 is 0 Å². The Hall–Kier alpha value is -1.31. The van der Waals surface area contributed by atoms with Crippen molar-refractivity contribution in [3.8, 4) is 0 Å². The first-order valence-electron chi connectivity index (χ1n) is 5.07. The highest BCUT2D eigenvalue weighted by atomic mass is 16.5. The zero-order valence-electron chi connectivity index (χ0n) is 8.32. The number of aryl methyl sites for hydroxylation is 1. The molecule has 0 saturated carbocycles. The van der Waals surface area contributed by atoms with Gasteiger partial charge in [-0.2, -0.15) is 0 Å². The lowest BCUT2D eigenvalue weighted by molar-refractivity contribution is -0.144. The first kappa shape index (κ1) is 9.25. The molecule has 2 heteroatoms. The van der Waals surface area contributed by atoms with Gasteiger partial charge in [0.25, 0.3) is 0 Å². The second-order valence-electron chi connectivity index (χ2n) is 3.54. The molecule has 74 valence electrons. The number of carbonyl (C=O) groups is 1. The van der Waals surface area contributed by atoms with Gasteiger partial charge in [-0.3, -0.25) is 4.79 Å². The second kappa shape index (κ2) is 3.82. The molecule has 0 heterocycles. The second-order valence-corrected chi connectivity index (χ2v) is 3.54. The predicted molar refractivity (Wildman–Crippen MR) is 54.1 cm³/mol. The number of hydrogen-bond donors (Lipinski definition) is 0. The highest BCUT2D eigenvalue weighted by Crippen LogP contribution is 2.33. The maximum absolute atomic E-state index is 11.6. The van der Waals surface area contributed by atoms with Crippen LogP contribution in [-0.2, 0) is 16.0 Å². The molecular weight excluding hydrogens is 176 g/mol. The largest absolute Gasteiger partial charge is 0.466 e. The summed E-state index contributed by atoms with van der Waals surface area (Å²) >= 11 is 0. The van der Waals surface area contributed by atoms with E-state index in [2.05, 4.69) is 6.07 Å². The van der Waals surface area contributed by atoms with E-state index in [1.807, 2.05) is 25.1 Å². The summed E-state index contributed by atoms with van der Waals surface area (Å²) in [6.45, 7) is 2.32. The van der Waals surface area contributed by atoms with Crippen molar-refractivity contribution in [2.24, 2.45) is 0 Å². The van der Waals surface area contributed by atoms with Crippen LogP contribution in [0.25, 0.3) is 0 Å². The number of benzene rings is 1. The summed E-state index contributed by atoms with van der Waals surface area (Å²) in [6, 6.07) is 8.13. The minimum absolute atomic E-state index is 0.0221. The molecule has 0 radical (unpaired) electrons. The number of rotatable bonds is 2. The van der Waals surface area contributed by atoms with Gasteiger partial charge in [0.1, 0.15) is 0 Å². The van der Waals surface area contributed by atoms with Crippen LogP contribution in [0.3, 0.4) is 0 Å². The fraction of sp³-hybridized carbons (Fsp3) is 0.417. The average molecular weight is 190 g/mol. The van der Waals surface area contributed by atoms with Gasteiger partial charge < -0.3 is 4.74 Å². The molecule has 0 fully saturated rings. The normalized spacial score (nSPS) is 19.1. The van der Waals surface area contributed by atoms with Crippen molar-refractivity contribution in [2.45, 2.75) is 25.7 Å². The maximum atomic E-state index is 11.6. The summed E-state index contributed by atoms with van der Waals surface area (Å²) in [7, 11) is 0. The highest BCUT2D eigenvalue weighted by Gasteiger charge is 2.28. The zero-order chi connectivity index (χ0) is 9.97. The van der Waals surface area contributed by atoms with Gasteiger partial charge in [0, 0.05) is 0 Å². The molecular formula is C12H14O2. The van der Waals surface area contributed by atoms with Gasteiger partial charge in [-0.15, -0.1) is 0 Å². The molecule has 0 N–H and O–H groups in total. The Labute approximate surface area is 83.9 Å². The van der Waals surface area contributed by atoms with Gasteiger partial charge in [0.15, 0.2) is 0 Å². The molecule has 0 aromatic heterocycles. The van der Waals surface area contributed by atoms with Crippen molar-refractivity contribution in [2.75, 3.05) is 6.61 Å². The topological polar surface area (TPSA) is 26.3 Å². The summed E-state index contributed by atoms with van der Waals surface area (Å²) in [4.78, 5) is 11.6. The summed E-state index contributed by atoms with van der Waals surface area (Å²) < 4.78 is 5.04. The van der Waals surface area contributed by atoms with Crippen molar-refractivity contribution < 1.29 is 9.53 Å². The van der Waals surface area contributed by atoms with Gasteiger partial charge in [0.05, 0.1) is 12.5 Å². The van der Waals surface area contributed by atoms with E-state index in [4.69, 9.17) is 4.74 Å². The van der Waals surface area contributed by atoms with Crippen LogP contribution in [0.2, 0.25) is 0 Å². The Morgan fingerprint density at radius 1 is 1.50 bits per heavy atom. The van der Waals surface area contributed by atoms with Gasteiger partial charge in [0.2, 0.25) is 0 Å². The standard InChI is InChI=1S/C12H14O2/c1-2-14-12(13)11-8-7-9-5-3-4-6-10(9)11/h3-6,11H,2,7-8H2,1H3. The molecule has 0 bridgehead atoms. The van der Waals surface area contributed by atoms with E-state index in [1.54, 1.807) is 0 Å². The van der Waals surface area contributed by atoms with E-state index >= 15 is 0 Å². The van der Waals surface area contributed by atoms with Crippen LogP contribution in [0.1, 0.15) is 30.4 Å². The first-order chi connectivity index (χ1) is 6.83. The van der Waals surface area contributed by atoms with Crippen molar-refractivity contribution in [3.63, 3.8) is 0 Å². The van der Waals surface area contributed by atoms with E-state index in [9.17, 15) is 4.79 Å².